The Morgan fingerprint density at radius 2 is 0.493 bits per heavy atom. The van der Waals surface area contributed by atoms with Crippen LogP contribution in [-0.4, -0.2) is 87.3 Å². The highest BCUT2D eigenvalue weighted by molar-refractivity contribution is 14.1. The maximum absolute atomic E-state index is 14.1. The maximum atomic E-state index is 14.1. The first-order chi connectivity index (χ1) is 35.4. The zero-order valence-corrected chi connectivity index (χ0v) is 45.7. The van der Waals surface area contributed by atoms with Crippen molar-refractivity contribution in [1.82, 2.24) is 45.0 Å². The Morgan fingerprint density at radius 1 is 0.307 bits per heavy atom. The van der Waals surface area contributed by atoms with Gasteiger partial charge < -0.3 is 14.7 Å². The first-order valence-electron chi connectivity index (χ1n) is 21.1. The zero-order valence-electron chi connectivity index (χ0n) is 39.2. The summed E-state index contributed by atoms with van der Waals surface area (Å²) in [4.78, 5) is 5.72. The Kier molecular flexibility index (Phi) is 17.4. The fraction of sp³-hybridized carbons (Fsp3) is 0.125. The van der Waals surface area contributed by atoms with Crippen LogP contribution < -0.4 is 14.7 Å². The number of hydrogen-bond acceptors (Lipinski definition) is 9. The summed E-state index contributed by atoms with van der Waals surface area (Å²) >= 11 is 3.60. The third kappa shape index (κ3) is 11.5. The Bertz CT molecular complexity index is 3100. The summed E-state index contributed by atoms with van der Waals surface area (Å²) in [6.07, 6.45) is 3.62. The maximum Gasteiger partial charge on any atom is 0.188 e. The first-order valence-corrected chi connectivity index (χ1v) is 24.3. The Labute approximate surface area is 459 Å². The minimum absolute atomic E-state index is 0.309. The zero-order chi connectivity index (χ0) is 54.9. The molecule has 0 spiro atoms. The van der Waals surface area contributed by atoms with E-state index in [4.69, 9.17) is 0 Å². The fourth-order valence-electron chi connectivity index (χ4n) is 6.69. The van der Waals surface area contributed by atoms with Crippen LogP contribution in [0.5, 0.6) is 0 Å². The van der Waals surface area contributed by atoms with Crippen molar-refractivity contribution < 1.29 is 52.7 Å². The molecule has 9 rings (SSSR count). The molecular formula is C48H33F12I3N12. The van der Waals surface area contributed by atoms with Crippen molar-refractivity contribution in [2.45, 2.75) is 0 Å². The van der Waals surface area contributed by atoms with Gasteiger partial charge in [0.05, 0.1) is 29.3 Å². The topological polar surface area (TPSA) is 102 Å². The lowest BCUT2D eigenvalue weighted by Gasteiger charge is -2.11. The van der Waals surface area contributed by atoms with Gasteiger partial charge in [-0.1, -0.05) is 52.0 Å². The van der Waals surface area contributed by atoms with Crippen LogP contribution in [0.15, 0.2) is 91.4 Å². The van der Waals surface area contributed by atoms with Gasteiger partial charge in [0, 0.05) is 76.0 Å². The van der Waals surface area contributed by atoms with Gasteiger partial charge in [0.15, 0.2) is 69.8 Å². The highest BCUT2D eigenvalue weighted by Gasteiger charge is 2.29. The number of aromatic nitrogens is 9. The lowest BCUT2D eigenvalue weighted by Crippen LogP contribution is -2.09. The number of rotatable bonds is 9. The molecule has 0 saturated heterocycles. The minimum atomic E-state index is -1.53. The monoisotopic (exact) mass is 1390 g/mol. The second-order valence-corrected chi connectivity index (χ2v) is 19.5. The predicted octanol–water partition coefficient (Wildman–Crippen LogP) is 12.5. The van der Waals surface area contributed by atoms with Gasteiger partial charge in [-0.2, -0.15) is 0 Å². The number of benzene rings is 6. The molecule has 27 heteroatoms. The lowest BCUT2D eigenvalue weighted by atomic mass is 10.1. The molecule has 3 aromatic heterocycles. The molecule has 0 aliphatic rings. The van der Waals surface area contributed by atoms with Crippen LogP contribution in [0.2, 0.25) is 0 Å². The Hall–Kier alpha value is -6.51. The highest BCUT2D eigenvalue weighted by Crippen LogP contribution is 2.32. The van der Waals surface area contributed by atoms with E-state index in [0.717, 1.165) is 17.1 Å². The standard InChI is InChI=1S/3C16H11F4IN4/c3*1-24(2)9-5-3-8(4-6-9)10-7-25(23-22-10)16-13(19)11(17)15(21)12(18)14(16)20/h3*3-7H,1-2H3. The summed E-state index contributed by atoms with van der Waals surface area (Å²) in [5.41, 5.74) is 2.88. The third-order valence-electron chi connectivity index (χ3n) is 10.8. The molecule has 0 saturated carbocycles. The molecule has 12 nitrogen and oxygen atoms in total. The fourth-order valence-corrected chi connectivity index (χ4v) is 8.11. The molecule has 6 aromatic carbocycles. The van der Waals surface area contributed by atoms with Crippen molar-refractivity contribution in [2.75, 3.05) is 57.0 Å². The Morgan fingerprint density at radius 3 is 0.667 bits per heavy atom. The molecule has 0 N–H and O–H groups in total. The first kappa shape index (κ1) is 56.2. The van der Waals surface area contributed by atoms with E-state index < -0.39 is 97.6 Å². The quantitative estimate of drug-likeness (QED) is 0.0605. The van der Waals surface area contributed by atoms with Crippen LogP contribution in [0, 0.1) is 80.5 Å². The molecule has 75 heavy (non-hydrogen) atoms. The van der Waals surface area contributed by atoms with Gasteiger partial charge >= 0.3 is 0 Å². The SMILES string of the molecule is CN(C)c1ccc(-c2cn(-c3c(F)c(F)c(I)c(F)c3F)nn2)cc1.CN(C)c1ccc(-c2cn(-c3c(F)c(F)c(I)c(F)c3F)nn2)cc1.CN(C)c1ccc(-c2cn(-c3c(F)c(F)c(I)c(F)c3F)nn2)cc1. The molecule has 0 fully saturated rings. The number of nitrogens with zero attached hydrogens (tertiary/aromatic N) is 12. The van der Waals surface area contributed by atoms with Crippen molar-refractivity contribution in [3.05, 3.63) is 172 Å². The van der Waals surface area contributed by atoms with E-state index in [1.165, 1.54) is 86.4 Å². The van der Waals surface area contributed by atoms with Gasteiger partial charge in [-0.15, -0.1) is 15.3 Å². The van der Waals surface area contributed by atoms with Gasteiger partial charge in [0.1, 0.15) is 34.1 Å². The van der Waals surface area contributed by atoms with E-state index in [0.29, 0.717) is 47.8 Å². The minimum Gasteiger partial charge on any atom is -0.378 e. The second kappa shape index (κ2) is 23.2. The van der Waals surface area contributed by atoms with Crippen molar-refractivity contribution >= 4 is 84.8 Å². The summed E-state index contributed by atoms with van der Waals surface area (Å²) in [5.74, 6) is -18.0. The molecular weight excluding hydrogens is 1350 g/mol. The van der Waals surface area contributed by atoms with E-state index in [-0.39, 0.29) is 0 Å². The summed E-state index contributed by atoms with van der Waals surface area (Å²) in [6, 6.07) is 21.5. The van der Waals surface area contributed by atoms with E-state index in [1.807, 2.05) is 93.4 Å². The van der Waals surface area contributed by atoms with Crippen molar-refractivity contribution in [1.29, 1.82) is 0 Å². The van der Waals surface area contributed by atoms with Crippen molar-refractivity contribution in [3.63, 3.8) is 0 Å². The molecule has 0 atom stereocenters. The van der Waals surface area contributed by atoms with E-state index >= 15 is 0 Å². The van der Waals surface area contributed by atoms with Gasteiger partial charge in [0.25, 0.3) is 0 Å². The number of anilines is 3. The van der Waals surface area contributed by atoms with E-state index in [9.17, 15) is 52.7 Å². The van der Waals surface area contributed by atoms with Gasteiger partial charge in [-0.25, -0.2) is 66.7 Å². The Balaban J connectivity index is 0.000000164. The van der Waals surface area contributed by atoms with Crippen molar-refractivity contribution in [2.24, 2.45) is 0 Å². The molecule has 0 amide bonds. The van der Waals surface area contributed by atoms with Crippen LogP contribution >= 0.6 is 67.8 Å². The third-order valence-corrected chi connectivity index (χ3v) is 13.6. The molecule has 0 radical (unpaired) electrons. The summed E-state index contributed by atoms with van der Waals surface area (Å²) < 4.78 is 166. The van der Waals surface area contributed by atoms with Gasteiger partial charge in [-0.3, -0.25) is 0 Å². The predicted molar refractivity (Wildman–Crippen MR) is 281 cm³/mol. The average molecular weight is 1390 g/mol. The summed E-state index contributed by atoms with van der Waals surface area (Å²) in [6.45, 7) is 0. The lowest BCUT2D eigenvalue weighted by molar-refractivity contribution is 0.435. The summed E-state index contributed by atoms with van der Waals surface area (Å²) in [7, 11) is 11.3. The molecule has 0 aliphatic heterocycles. The molecule has 0 unspecified atom stereocenters. The molecule has 3 heterocycles. The van der Waals surface area contributed by atoms with Crippen LogP contribution in [0.1, 0.15) is 0 Å². The van der Waals surface area contributed by atoms with Crippen LogP contribution in [0.3, 0.4) is 0 Å². The summed E-state index contributed by atoms with van der Waals surface area (Å²) in [5, 5.41) is 22.2. The van der Waals surface area contributed by atoms with Crippen LogP contribution in [-0.2, 0) is 0 Å². The molecule has 9 aromatic rings. The second-order valence-electron chi connectivity index (χ2n) is 16.2. The molecule has 390 valence electrons. The molecule has 0 bridgehead atoms. The number of halogens is 15. The van der Waals surface area contributed by atoms with Crippen LogP contribution in [0.4, 0.5) is 69.7 Å². The van der Waals surface area contributed by atoms with Crippen LogP contribution in [0.25, 0.3) is 50.8 Å². The van der Waals surface area contributed by atoms with E-state index in [2.05, 4.69) is 30.9 Å². The van der Waals surface area contributed by atoms with E-state index in [1.54, 1.807) is 36.4 Å². The normalized spacial score (nSPS) is 11.0. The molecule has 0 aliphatic carbocycles. The largest absolute Gasteiger partial charge is 0.378 e. The highest BCUT2D eigenvalue weighted by atomic mass is 127. The smallest absolute Gasteiger partial charge is 0.188 e. The van der Waals surface area contributed by atoms with Crippen molar-refractivity contribution in [3.8, 4) is 50.8 Å². The van der Waals surface area contributed by atoms with Gasteiger partial charge in [-0.05, 0) is 104 Å². The average Bonchev–Trinajstić information content (AvgIpc) is 4.22. The van der Waals surface area contributed by atoms with Gasteiger partial charge in [0.2, 0.25) is 0 Å². The number of hydrogen-bond donors (Lipinski definition) is 0.